The molecule has 32 heavy (non-hydrogen) atoms. The Kier molecular flexibility index (Phi) is 5.96. The van der Waals surface area contributed by atoms with Crippen LogP contribution in [0.15, 0.2) is 48.8 Å². The third-order valence-corrected chi connectivity index (χ3v) is 5.51. The first kappa shape index (κ1) is 21.6. The number of nitrogens with zero attached hydrogens (tertiary/aromatic N) is 3. The summed E-state index contributed by atoms with van der Waals surface area (Å²) in [5, 5.41) is 14.1. The number of halogens is 2. The fraction of sp³-hybridized carbons (Fsp3) is 0.174. The van der Waals surface area contributed by atoms with E-state index in [2.05, 4.69) is 20.3 Å². The van der Waals surface area contributed by atoms with E-state index < -0.39 is 5.82 Å². The molecule has 4 aromatic rings. The molecule has 1 aromatic carbocycles. The Labute approximate surface area is 188 Å². The molecular weight excluding hydrogens is 433 g/mol. The van der Waals surface area contributed by atoms with E-state index >= 15 is 0 Å². The van der Waals surface area contributed by atoms with Gasteiger partial charge in [-0.2, -0.15) is 0 Å². The second kappa shape index (κ2) is 8.84. The van der Waals surface area contributed by atoms with E-state index in [4.69, 9.17) is 11.6 Å². The third kappa shape index (κ3) is 4.22. The highest BCUT2D eigenvalue weighted by molar-refractivity contribution is 6.33. The molecule has 0 bridgehead atoms. The summed E-state index contributed by atoms with van der Waals surface area (Å²) in [6.45, 7) is 2.55. The van der Waals surface area contributed by atoms with Crippen molar-refractivity contribution in [1.82, 2.24) is 19.9 Å². The van der Waals surface area contributed by atoms with Crippen LogP contribution in [-0.2, 0) is 11.2 Å². The van der Waals surface area contributed by atoms with Gasteiger partial charge >= 0.3 is 0 Å². The molecule has 1 amide bonds. The minimum absolute atomic E-state index is 0.00880. The summed E-state index contributed by atoms with van der Waals surface area (Å²) in [6.07, 6.45) is 3.40. The fourth-order valence-electron chi connectivity index (χ4n) is 3.32. The van der Waals surface area contributed by atoms with Crippen molar-refractivity contribution in [1.29, 1.82) is 0 Å². The summed E-state index contributed by atoms with van der Waals surface area (Å²) in [5.41, 5.74) is 2.18. The van der Waals surface area contributed by atoms with Crippen molar-refractivity contribution < 1.29 is 14.3 Å². The molecule has 0 unspecified atom stereocenters. The zero-order valence-electron chi connectivity index (χ0n) is 17.5. The molecule has 3 N–H and O–H groups in total. The van der Waals surface area contributed by atoms with Crippen LogP contribution in [0.3, 0.4) is 0 Å². The van der Waals surface area contributed by atoms with E-state index in [-0.39, 0.29) is 28.8 Å². The number of fused-ring (bicyclic) bond motifs is 1. The second-order valence-corrected chi connectivity index (χ2v) is 7.72. The van der Waals surface area contributed by atoms with Gasteiger partial charge in [-0.1, -0.05) is 23.7 Å². The van der Waals surface area contributed by atoms with Gasteiger partial charge in [-0.25, -0.2) is 14.4 Å². The molecule has 0 aliphatic heterocycles. The summed E-state index contributed by atoms with van der Waals surface area (Å²) in [4.78, 5) is 25.3. The molecule has 9 heteroatoms. The third-order valence-electron chi connectivity index (χ3n) is 5.19. The second-order valence-electron chi connectivity index (χ2n) is 7.31. The summed E-state index contributed by atoms with van der Waals surface area (Å²) in [5.74, 6) is -0.0801. The van der Waals surface area contributed by atoms with E-state index in [9.17, 15) is 14.3 Å². The molecule has 0 saturated carbocycles. The molecule has 0 aliphatic rings. The van der Waals surface area contributed by atoms with Crippen LogP contribution in [0.25, 0.3) is 22.2 Å². The Hall–Kier alpha value is -3.65. The van der Waals surface area contributed by atoms with Crippen LogP contribution >= 0.6 is 11.6 Å². The number of hydrogen-bond donors (Lipinski definition) is 3. The molecule has 0 spiro atoms. The van der Waals surface area contributed by atoms with Crippen molar-refractivity contribution in [3.8, 4) is 17.1 Å². The maximum atomic E-state index is 14.5. The highest BCUT2D eigenvalue weighted by Crippen LogP contribution is 2.37. The van der Waals surface area contributed by atoms with Gasteiger partial charge in [-0.05, 0) is 36.8 Å². The first-order chi connectivity index (χ1) is 15.4. The average Bonchev–Trinajstić information content (AvgIpc) is 3.15. The zero-order chi connectivity index (χ0) is 22.8. The molecule has 3 heterocycles. The molecule has 4 rings (SSSR count). The number of aromatic nitrogens is 3. The van der Waals surface area contributed by atoms with Crippen LogP contribution in [0.2, 0.25) is 5.02 Å². The first-order valence-corrected chi connectivity index (χ1v) is 10.4. The van der Waals surface area contributed by atoms with Crippen molar-refractivity contribution >= 4 is 39.9 Å². The number of carbonyl (C=O) groups is 1. The molecule has 7 nitrogen and oxygen atoms in total. The maximum Gasteiger partial charge on any atom is 0.226 e. The number of carbonyl (C=O) groups excluding carboxylic acids is 1. The van der Waals surface area contributed by atoms with Gasteiger partial charge in [-0.3, -0.25) is 4.79 Å². The normalized spacial score (nSPS) is 11.0. The number of aromatic amines is 1. The largest absolute Gasteiger partial charge is 0.494 e. The van der Waals surface area contributed by atoms with Gasteiger partial charge < -0.3 is 20.3 Å². The van der Waals surface area contributed by atoms with Gasteiger partial charge in [0, 0.05) is 26.0 Å². The standard InChI is InChI=1S/C23H21ClFN5O2/c1-3-30(2)20(31)9-13-7-8-19(26-11-13)29-17-10-16(21-14(24)5-4-6-15(21)25)28-18-12-27-23(32)22(17)18/h4-8,10-12,27,32H,3,9H2,1-2H3,(H,26,29). The van der Waals surface area contributed by atoms with Gasteiger partial charge in [0.05, 0.1) is 39.3 Å². The highest BCUT2D eigenvalue weighted by Gasteiger charge is 2.17. The predicted molar refractivity (Wildman–Crippen MR) is 123 cm³/mol. The van der Waals surface area contributed by atoms with Crippen LogP contribution in [-0.4, -0.2) is 44.5 Å². The lowest BCUT2D eigenvalue weighted by atomic mass is 10.1. The minimum Gasteiger partial charge on any atom is -0.494 e. The molecule has 164 valence electrons. The predicted octanol–water partition coefficient (Wildman–Crippen LogP) is 4.89. The highest BCUT2D eigenvalue weighted by atomic mass is 35.5. The first-order valence-electron chi connectivity index (χ1n) is 9.98. The monoisotopic (exact) mass is 453 g/mol. The van der Waals surface area contributed by atoms with Crippen LogP contribution in [0.4, 0.5) is 15.9 Å². The van der Waals surface area contributed by atoms with Crippen molar-refractivity contribution in [3.63, 3.8) is 0 Å². The molecule has 0 fully saturated rings. The quantitative estimate of drug-likeness (QED) is 0.386. The Bertz CT molecular complexity index is 1270. The Morgan fingerprint density at radius 1 is 1.31 bits per heavy atom. The Balaban J connectivity index is 1.68. The van der Waals surface area contributed by atoms with Gasteiger partial charge in [0.1, 0.15) is 11.6 Å². The molecule has 0 saturated heterocycles. The number of anilines is 2. The maximum absolute atomic E-state index is 14.5. The van der Waals surface area contributed by atoms with Gasteiger partial charge in [0.25, 0.3) is 0 Å². The molecule has 3 aromatic heterocycles. The molecule has 0 radical (unpaired) electrons. The molecular formula is C23H21ClFN5O2. The lowest BCUT2D eigenvalue weighted by Gasteiger charge is -2.14. The van der Waals surface area contributed by atoms with E-state index in [1.54, 1.807) is 42.4 Å². The lowest BCUT2D eigenvalue weighted by molar-refractivity contribution is -0.128. The molecule has 0 aliphatic carbocycles. The van der Waals surface area contributed by atoms with E-state index in [1.807, 2.05) is 6.92 Å². The van der Waals surface area contributed by atoms with Crippen molar-refractivity contribution in [3.05, 3.63) is 65.2 Å². The Morgan fingerprint density at radius 2 is 2.12 bits per heavy atom. The van der Waals surface area contributed by atoms with Gasteiger partial charge in [0.2, 0.25) is 5.91 Å². The van der Waals surface area contributed by atoms with Crippen molar-refractivity contribution in [2.75, 3.05) is 18.9 Å². The summed E-state index contributed by atoms with van der Waals surface area (Å²) >= 11 is 6.22. The van der Waals surface area contributed by atoms with Crippen LogP contribution in [0, 0.1) is 5.82 Å². The smallest absolute Gasteiger partial charge is 0.226 e. The lowest BCUT2D eigenvalue weighted by Crippen LogP contribution is -2.27. The number of rotatable bonds is 6. The number of nitrogens with one attached hydrogen (secondary N) is 2. The Morgan fingerprint density at radius 3 is 2.81 bits per heavy atom. The number of amides is 1. The van der Waals surface area contributed by atoms with Crippen LogP contribution in [0.5, 0.6) is 5.88 Å². The van der Waals surface area contributed by atoms with E-state index in [0.29, 0.717) is 34.6 Å². The summed E-state index contributed by atoms with van der Waals surface area (Å²) in [7, 11) is 1.75. The van der Waals surface area contributed by atoms with E-state index in [0.717, 1.165) is 5.56 Å². The number of aromatic hydroxyl groups is 1. The fourth-order valence-corrected chi connectivity index (χ4v) is 3.58. The number of hydrogen-bond acceptors (Lipinski definition) is 5. The van der Waals surface area contributed by atoms with Gasteiger partial charge in [0.15, 0.2) is 5.88 Å². The van der Waals surface area contributed by atoms with Crippen molar-refractivity contribution in [2.45, 2.75) is 13.3 Å². The minimum atomic E-state index is -0.501. The number of benzene rings is 1. The zero-order valence-corrected chi connectivity index (χ0v) is 18.2. The number of likely N-dealkylation sites (N-methyl/N-ethyl adjacent to an activating group) is 1. The SMILES string of the molecule is CCN(C)C(=O)Cc1ccc(Nc2cc(-c3c(F)cccc3Cl)nc3c[nH]c(O)c23)nc1. The average molecular weight is 454 g/mol. The number of pyridine rings is 2. The summed E-state index contributed by atoms with van der Waals surface area (Å²) in [6, 6.07) is 9.57. The van der Waals surface area contributed by atoms with Gasteiger partial charge in [-0.15, -0.1) is 0 Å². The topological polar surface area (TPSA) is 94.1 Å². The van der Waals surface area contributed by atoms with Crippen LogP contribution < -0.4 is 5.32 Å². The van der Waals surface area contributed by atoms with E-state index in [1.165, 1.54) is 18.3 Å². The van der Waals surface area contributed by atoms with Crippen molar-refractivity contribution in [2.24, 2.45) is 0 Å². The molecule has 0 atom stereocenters. The summed E-state index contributed by atoms with van der Waals surface area (Å²) < 4.78 is 14.5. The number of H-pyrrole nitrogens is 1. The van der Waals surface area contributed by atoms with Crippen LogP contribution in [0.1, 0.15) is 12.5 Å².